The number of aryl methyl sites for hydroxylation is 1. The van der Waals surface area contributed by atoms with Crippen LogP contribution in [0.5, 0.6) is 11.5 Å². The highest BCUT2D eigenvalue weighted by atomic mass is 35.5. The van der Waals surface area contributed by atoms with Crippen LogP contribution in [-0.4, -0.2) is 58.7 Å². The van der Waals surface area contributed by atoms with E-state index < -0.39 is 15.9 Å². The first-order valence-corrected chi connectivity index (χ1v) is 11.1. The Kier molecular flexibility index (Phi) is 7.19. The van der Waals surface area contributed by atoms with Crippen LogP contribution in [0.1, 0.15) is 5.56 Å². The minimum Gasteiger partial charge on any atom is -0.493 e. The Bertz CT molecular complexity index is 1020. The van der Waals surface area contributed by atoms with Gasteiger partial charge in [-0.1, -0.05) is 17.7 Å². The summed E-state index contributed by atoms with van der Waals surface area (Å²) in [5, 5.41) is 2.72. The molecule has 10 heteroatoms. The molecule has 0 bridgehead atoms. The summed E-state index contributed by atoms with van der Waals surface area (Å²) in [6.07, 6.45) is 0. The summed E-state index contributed by atoms with van der Waals surface area (Å²) in [6, 6.07) is 9.68. The molecule has 2 aromatic carbocycles. The Morgan fingerprint density at radius 2 is 1.90 bits per heavy atom. The highest BCUT2D eigenvalue weighted by Crippen LogP contribution is 2.29. The van der Waals surface area contributed by atoms with Crippen molar-refractivity contribution in [2.75, 3.05) is 45.3 Å². The molecule has 8 nitrogen and oxygen atoms in total. The maximum absolute atomic E-state index is 12.9. The number of nitrogens with zero attached hydrogens (tertiary/aromatic N) is 1. The molecular weight excluding hydrogens is 432 g/mol. The fourth-order valence-corrected chi connectivity index (χ4v) is 4.85. The SMILES string of the molecule is COc1cc(C)ccc1OCC(=O)Nc1ccc(Cl)c(S(=O)(=O)N2CCOCC2)c1. The van der Waals surface area contributed by atoms with E-state index in [2.05, 4.69) is 5.32 Å². The number of carbonyl (C=O) groups is 1. The number of methoxy groups -OCH3 is 1. The minimum absolute atomic E-state index is 0.0648. The number of ether oxygens (including phenoxy) is 3. The standard InChI is InChI=1S/C20H23ClN2O6S/c1-14-3-6-17(18(11-14)27-2)29-13-20(24)22-15-4-5-16(21)19(12-15)30(25,26)23-7-9-28-10-8-23/h3-6,11-12H,7-10,13H2,1-2H3,(H,22,24). The van der Waals surface area contributed by atoms with Crippen molar-refractivity contribution in [1.29, 1.82) is 0 Å². The number of halogens is 1. The van der Waals surface area contributed by atoms with Gasteiger partial charge in [0.1, 0.15) is 4.90 Å². The molecule has 3 rings (SSSR count). The Morgan fingerprint density at radius 3 is 2.60 bits per heavy atom. The van der Waals surface area contributed by atoms with E-state index in [0.29, 0.717) is 30.4 Å². The molecule has 1 fully saturated rings. The smallest absolute Gasteiger partial charge is 0.262 e. The van der Waals surface area contributed by atoms with Gasteiger partial charge in [0.15, 0.2) is 18.1 Å². The van der Waals surface area contributed by atoms with Gasteiger partial charge in [0, 0.05) is 18.8 Å². The molecule has 1 saturated heterocycles. The van der Waals surface area contributed by atoms with Crippen molar-refractivity contribution in [3.05, 3.63) is 47.0 Å². The third kappa shape index (κ3) is 5.23. The molecule has 0 radical (unpaired) electrons. The fraction of sp³-hybridized carbons (Fsp3) is 0.350. The number of hydrogen-bond acceptors (Lipinski definition) is 6. The third-order valence-corrected chi connectivity index (χ3v) is 6.86. The lowest BCUT2D eigenvalue weighted by Crippen LogP contribution is -2.40. The van der Waals surface area contributed by atoms with Crippen LogP contribution < -0.4 is 14.8 Å². The molecule has 1 aliphatic rings. The van der Waals surface area contributed by atoms with Gasteiger partial charge < -0.3 is 19.5 Å². The number of rotatable bonds is 7. The van der Waals surface area contributed by atoms with Gasteiger partial charge in [0.05, 0.1) is 25.3 Å². The van der Waals surface area contributed by atoms with Gasteiger partial charge in [0.2, 0.25) is 10.0 Å². The second-order valence-corrected chi connectivity index (χ2v) is 8.97. The van der Waals surface area contributed by atoms with Crippen LogP contribution in [0.4, 0.5) is 5.69 Å². The molecule has 2 aromatic rings. The molecular formula is C20H23ClN2O6S. The van der Waals surface area contributed by atoms with Gasteiger partial charge in [-0.25, -0.2) is 8.42 Å². The van der Waals surface area contributed by atoms with Crippen LogP contribution in [-0.2, 0) is 19.6 Å². The van der Waals surface area contributed by atoms with E-state index in [0.717, 1.165) is 5.56 Å². The van der Waals surface area contributed by atoms with Gasteiger partial charge in [-0.3, -0.25) is 4.79 Å². The molecule has 0 unspecified atom stereocenters. The third-order valence-electron chi connectivity index (χ3n) is 4.48. The summed E-state index contributed by atoms with van der Waals surface area (Å²) in [5.74, 6) is 0.507. The zero-order valence-corrected chi connectivity index (χ0v) is 18.3. The van der Waals surface area contributed by atoms with E-state index in [4.69, 9.17) is 25.8 Å². The van der Waals surface area contributed by atoms with Crippen molar-refractivity contribution in [1.82, 2.24) is 4.31 Å². The lowest BCUT2D eigenvalue weighted by Gasteiger charge is -2.26. The number of nitrogens with one attached hydrogen (secondary N) is 1. The van der Waals surface area contributed by atoms with Crippen molar-refractivity contribution in [2.45, 2.75) is 11.8 Å². The number of benzene rings is 2. The Labute approximate surface area is 180 Å². The highest BCUT2D eigenvalue weighted by Gasteiger charge is 2.28. The van der Waals surface area contributed by atoms with Crippen molar-refractivity contribution < 1.29 is 27.4 Å². The van der Waals surface area contributed by atoms with Crippen molar-refractivity contribution in [3.63, 3.8) is 0 Å². The average Bonchev–Trinajstić information content (AvgIpc) is 2.74. The van der Waals surface area contributed by atoms with Gasteiger partial charge in [0.25, 0.3) is 5.91 Å². The van der Waals surface area contributed by atoms with Crippen LogP contribution in [0.2, 0.25) is 5.02 Å². The van der Waals surface area contributed by atoms with Gasteiger partial charge in [-0.15, -0.1) is 0 Å². The quantitative estimate of drug-likeness (QED) is 0.691. The summed E-state index contributed by atoms with van der Waals surface area (Å²) in [7, 11) is -2.28. The first kappa shape index (κ1) is 22.4. The zero-order valence-electron chi connectivity index (χ0n) is 16.7. The second kappa shape index (κ2) is 9.65. The topological polar surface area (TPSA) is 94.2 Å². The second-order valence-electron chi connectivity index (χ2n) is 6.65. The summed E-state index contributed by atoms with van der Waals surface area (Å²) in [4.78, 5) is 12.2. The molecule has 1 aliphatic heterocycles. The molecule has 0 atom stereocenters. The lowest BCUT2D eigenvalue weighted by atomic mass is 10.2. The van der Waals surface area contributed by atoms with Crippen LogP contribution in [0.15, 0.2) is 41.3 Å². The molecule has 0 saturated carbocycles. The number of anilines is 1. The van der Waals surface area contributed by atoms with E-state index in [1.807, 2.05) is 13.0 Å². The first-order valence-electron chi connectivity index (χ1n) is 9.26. The molecule has 1 N–H and O–H groups in total. The molecule has 0 aromatic heterocycles. The van der Waals surface area contributed by atoms with E-state index >= 15 is 0 Å². The number of hydrogen-bond donors (Lipinski definition) is 1. The molecule has 0 spiro atoms. The Morgan fingerprint density at radius 1 is 1.17 bits per heavy atom. The summed E-state index contributed by atoms with van der Waals surface area (Å²) >= 11 is 6.14. The number of morpholine rings is 1. The maximum Gasteiger partial charge on any atom is 0.262 e. The van der Waals surface area contributed by atoms with Gasteiger partial charge >= 0.3 is 0 Å². The van der Waals surface area contributed by atoms with Crippen molar-refractivity contribution in [3.8, 4) is 11.5 Å². The number of amides is 1. The van der Waals surface area contributed by atoms with Gasteiger partial charge in [-0.2, -0.15) is 4.31 Å². The highest BCUT2D eigenvalue weighted by molar-refractivity contribution is 7.89. The van der Waals surface area contributed by atoms with Crippen molar-refractivity contribution >= 4 is 33.2 Å². The largest absolute Gasteiger partial charge is 0.493 e. The predicted octanol–water partition coefficient (Wildman–Crippen LogP) is 2.70. The lowest BCUT2D eigenvalue weighted by molar-refractivity contribution is -0.118. The minimum atomic E-state index is -3.80. The normalized spacial score (nSPS) is 14.9. The zero-order chi connectivity index (χ0) is 21.7. The molecule has 162 valence electrons. The van der Waals surface area contributed by atoms with Crippen molar-refractivity contribution in [2.24, 2.45) is 0 Å². The van der Waals surface area contributed by atoms with Gasteiger partial charge in [-0.05, 0) is 42.8 Å². The maximum atomic E-state index is 12.9. The van der Waals surface area contributed by atoms with E-state index in [-0.39, 0.29) is 29.6 Å². The summed E-state index contributed by atoms with van der Waals surface area (Å²) in [5.41, 5.74) is 1.30. The number of carbonyl (C=O) groups excluding carboxylic acids is 1. The molecule has 1 heterocycles. The fourth-order valence-electron chi connectivity index (χ4n) is 2.94. The molecule has 0 aliphatic carbocycles. The monoisotopic (exact) mass is 454 g/mol. The van der Waals surface area contributed by atoms with E-state index in [1.165, 1.54) is 29.6 Å². The van der Waals surface area contributed by atoms with Crippen LogP contribution in [0.25, 0.3) is 0 Å². The summed E-state index contributed by atoms with van der Waals surface area (Å²) < 4.78 is 43.1. The predicted molar refractivity (Wildman–Crippen MR) is 113 cm³/mol. The van der Waals surface area contributed by atoms with Crippen LogP contribution in [0.3, 0.4) is 0 Å². The molecule has 30 heavy (non-hydrogen) atoms. The van der Waals surface area contributed by atoms with E-state index in [1.54, 1.807) is 12.1 Å². The van der Waals surface area contributed by atoms with E-state index in [9.17, 15) is 13.2 Å². The van der Waals surface area contributed by atoms with Crippen LogP contribution >= 0.6 is 11.6 Å². The van der Waals surface area contributed by atoms with Crippen LogP contribution in [0, 0.1) is 6.92 Å². The number of sulfonamides is 1. The Balaban J connectivity index is 1.70. The first-order chi connectivity index (χ1) is 14.3. The Hall–Kier alpha value is -2.33. The summed E-state index contributed by atoms with van der Waals surface area (Å²) in [6.45, 7) is 2.80. The average molecular weight is 455 g/mol. The molecule has 1 amide bonds.